The van der Waals surface area contributed by atoms with E-state index in [1.54, 1.807) is 26.8 Å². The Morgan fingerprint density at radius 1 is 1.25 bits per heavy atom. The minimum atomic E-state index is -1.09. The maximum Gasteiger partial charge on any atom is 0.410 e. The number of carboxylic acid groups (broad SMARTS) is 1. The molecule has 0 bridgehead atoms. The Morgan fingerprint density at radius 2 is 1.88 bits per heavy atom. The van der Waals surface area contributed by atoms with E-state index in [-0.39, 0.29) is 6.42 Å². The topological polar surface area (TPSA) is 76.1 Å². The van der Waals surface area contributed by atoms with E-state index in [2.05, 4.69) is 0 Å². The predicted molar refractivity (Wildman–Crippen MR) is 91.4 cm³/mol. The van der Waals surface area contributed by atoms with Gasteiger partial charge in [0.05, 0.1) is 6.61 Å². The lowest BCUT2D eigenvalue weighted by molar-refractivity contribution is -0.142. The van der Waals surface area contributed by atoms with Gasteiger partial charge >= 0.3 is 12.1 Å². The number of para-hydroxylation sites is 1. The SMILES string of the molecule is CCCOc1ccccc1C[C@@H](C(=O)O)N(C)C(=O)OC(C)(C)C. The Kier molecular flexibility index (Phi) is 7.07. The average Bonchev–Trinajstić information content (AvgIpc) is 2.48. The maximum atomic E-state index is 12.2. The molecule has 134 valence electrons. The largest absolute Gasteiger partial charge is 0.493 e. The fraction of sp³-hybridized carbons (Fsp3) is 0.556. The number of benzene rings is 1. The van der Waals surface area contributed by atoms with E-state index in [9.17, 15) is 14.7 Å². The summed E-state index contributed by atoms with van der Waals surface area (Å²) in [6.07, 6.45) is 0.335. The molecule has 1 N–H and O–H groups in total. The van der Waals surface area contributed by atoms with Crippen LogP contribution in [-0.4, -0.2) is 47.4 Å². The van der Waals surface area contributed by atoms with Crippen molar-refractivity contribution in [1.82, 2.24) is 4.90 Å². The molecular weight excluding hydrogens is 310 g/mol. The number of likely N-dealkylation sites (N-methyl/N-ethyl adjacent to an activating group) is 1. The minimum Gasteiger partial charge on any atom is -0.493 e. The van der Waals surface area contributed by atoms with E-state index >= 15 is 0 Å². The number of nitrogens with zero attached hydrogens (tertiary/aromatic N) is 1. The summed E-state index contributed by atoms with van der Waals surface area (Å²) < 4.78 is 10.9. The van der Waals surface area contributed by atoms with Crippen molar-refractivity contribution in [3.05, 3.63) is 29.8 Å². The van der Waals surface area contributed by atoms with Crippen molar-refractivity contribution in [2.45, 2.75) is 52.2 Å². The first-order valence-electron chi connectivity index (χ1n) is 8.05. The zero-order valence-electron chi connectivity index (χ0n) is 15.0. The molecule has 1 amide bonds. The molecule has 0 aliphatic carbocycles. The lowest BCUT2D eigenvalue weighted by Crippen LogP contribution is -2.46. The summed E-state index contributed by atoms with van der Waals surface area (Å²) in [5.41, 5.74) is 0.0602. The van der Waals surface area contributed by atoms with Crippen LogP contribution in [0.4, 0.5) is 4.79 Å². The minimum absolute atomic E-state index is 0.144. The Bertz CT molecular complexity index is 565. The summed E-state index contributed by atoms with van der Waals surface area (Å²) in [6, 6.07) is 6.23. The van der Waals surface area contributed by atoms with Crippen LogP contribution in [0.1, 0.15) is 39.7 Å². The molecule has 24 heavy (non-hydrogen) atoms. The molecule has 0 aliphatic rings. The molecule has 1 aromatic rings. The molecule has 0 aliphatic heterocycles. The third-order valence-corrected chi connectivity index (χ3v) is 3.28. The molecule has 1 rings (SSSR count). The lowest BCUT2D eigenvalue weighted by atomic mass is 10.0. The number of amides is 1. The highest BCUT2D eigenvalue weighted by atomic mass is 16.6. The van der Waals surface area contributed by atoms with Crippen molar-refractivity contribution in [1.29, 1.82) is 0 Å². The van der Waals surface area contributed by atoms with Crippen molar-refractivity contribution >= 4 is 12.1 Å². The van der Waals surface area contributed by atoms with Crippen LogP contribution < -0.4 is 4.74 Å². The summed E-state index contributed by atoms with van der Waals surface area (Å²) in [7, 11) is 1.43. The van der Waals surface area contributed by atoms with Gasteiger partial charge in [-0.25, -0.2) is 9.59 Å². The molecule has 0 fully saturated rings. The van der Waals surface area contributed by atoms with Gasteiger partial charge in [0.25, 0.3) is 0 Å². The van der Waals surface area contributed by atoms with Crippen molar-refractivity contribution < 1.29 is 24.2 Å². The molecular formula is C18H27NO5. The molecule has 0 spiro atoms. The van der Waals surface area contributed by atoms with E-state index in [1.807, 2.05) is 25.1 Å². The number of aliphatic carboxylic acids is 1. The number of carbonyl (C=O) groups is 2. The molecule has 0 radical (unpaired) electrons. The normalized spacial score (nSPS) is 12.4. The zero-order valence-corrected chi connectivity index (χ0v) is 15.0. The molecule has 1 atom stereocenters. The quantitative estimate of drug-likeness (QED) is 0.826. The van der Waals surface area contributed by atoms with Gasteiger partial charge in [-0.15, -0.1) is 0 Å². The molecule has 0 saturated heterocycles. The van der Waals surface area contributed by atoms with Gasteiger partial charge in [-0.3, -0.25) is 4.90 Å². The summed E-state index contributed by atoms with van der Waals surface area (Å²) >= 11 is 0. The molecule has 1 aromatic carbocycles. The van der Waals surface area contributed by atoms with Gasteiger partial charge in [0.15, 0.2) is 0 Å². The van der Waals surface area contributed by atoms with Crippen molar-refractivity contribution in [3.8, 4) is 5.75 Å². The lowest BCUT2D eigenvalue weighted by Gasteiger charge is -2.28. The van der Waals surface area contributed by atoms with Crippen molar-refractivity contribution in [3.63, 3.8) is 0 Å². The second-order valence-corrected chi connectivity index (χ2v) is 6.61. The second-order valence-electron chi connectivity index (χ2n) is 6.61. The van der Waals surface area contributed by atoms with E-state index < -0.39 is 23.7 Å². The van der Waals surface area contributed by atoms with Crippen LogP contribution >= 0.6 is 0 Å². The fourth-order valence-corrected chi connectivity index (χ4v) is 2.08. The molecule has 0 unspecified atom stereocenters. The highest BCUT2D eigenvalue weighted by molar-refractivity contribution is 5.80. The zero-order chi connectivity index (χ0) is 18.3. The summed E-state index contributed by atoms with van der Waals surface area (Å²) in [4.78, 5) is 24.9. The van der Waals surface area contributed by atoms with Crippen LogP contribution in [0, 0.1) is 0 Å². The number of carboxylic acids is 1. The second kappa shape index (κ2) is 8.57. The summed E-state index contributed by atoms with van der Waals surface area (Å²) in [5.74, 6) is -0.447. The highest BCUT2D eigenvalue weighted by Crippen LogP contribution is 2.22. The third kappa shape index (κ3) is 6.10. The number of rotatable bonds is 7. The Morgan fingerprint density at radius 3 is 2.42 bits per heavy atom. The Labute approximate surface area is 143 Å². The summed E-state index contributed by atoms with van der Waals surface area (Å²) in [5, 5.41) is 9.53. The van der Waals surface area contributed by atoms with Crippen LogP contribution in [-0.2, 0) is 16.0 Å². The molecule has 0 aromatic heterocycles. The van der Waals surface area contributed by atoms with Crippen LogP contribution in [0.2, 0.25) is 0 Å². The molecule has 6 heteroatoms. The van der Waals surface area contributed by atoms with E-state index in [0.717, 1.165) is 16.9 Å². The van der Waals surface area contributed by atoms with Crippen LogP contribution in [0.5, 0.6) is 5.75 Å². The molecule has 0 saturated carbocycles. The van der Waals surface area contributed by atoms with Gasteiger partial charge in [0.1, 0.15) is 17.4 Å². The highest BCUT2D eigenvalue weighted by Gasteiger charge is 2.30. The number of hydrogen-bond acceptors (Lipinski definition) is 4. The first-order chi connectivity index (χ1) is 11.2. The number of hydrogen-bond donors (Lipinski definition) is 1. The Balaban J connectivity index is 2.94. The molecule has 6 nitrogen and oxygen atoms in total. The van der Waals surface area contributed by atoms with Crippen LogP contribution in [0.25, 0.3) is 0 Å². The fourth-order valence-electron chi connectivity index (χ4n) is 2.08. The van der Waals surface area contributed by atoms with Crippen molar-refractivity contribution in [2.24, 2.45) is 0 Å². The van der Waals surface area contributed by atoms with E-state index in [0.29, 0.717) is 12.4 Å². The number of ether oxygens (including phenoxy) is 2. The van der Waals surface area contributed by atoms with Gasteiger partial charge in [-0.1, -0.05) is 25.1 Å². The van der Waals surface area contributed by atoms with Gasteiger partial charge in [0, 0.05) is 13.5 Å². The Hall–Kier alpha value is -2.24. The van der Waals surface area contributed by atoms with Crippen LogP contribution in [0.15, 0.2) is 24.3 Å². The summed E-state index contributed by atoms with van der Waals surface area (Å²) in [6.45, 7) is 7.77. The third-order valence-electron chi connectivity index (χ3n) is 3.28. The van der Waals surface area contributed by atoms with Gasteiger partial charge in [-0.05, 0) is 38.8 Å². The van der Waals surface area contributed by atoms with Crippen molar-refractivity contribution in [2.75, 3.05) is 13.7 Å². The average molecular weight is 337 g/mol. The molecule has 0 heterocycles. The standard InChI is InChI=1S/C18H27NO5/c1-6-11-23-15-10-8-7-9-13(15)12-14(16(20)21)19(5)17(22)24-18(2,3)4/h7-10,14H,6,11-12H2,1-5H3,(H,20,21)/t14-/m0/s1. The van der Waals surface area contributed by atoms with Crippen LogP contribution in [0.3, 0.4) is 0 Å². The van der Waals surface area contributed by atoms with E-state index in [1.165, 1.54) is 7.05 Å². The van der Waals surface area contributed by atoms with Gasteiger partial charge in [-0.2, -0.15) is 0 Å². The van der Waals surface area contributed by atoms with Gasteiger partial charge < -0.3 is 14.6 Å². The number of carbonyl (C=O) groups excluding carboxylic acids is 1. The predicted octanol–water partition coefficient (Wildman–Crippen LogP) is 3.34. The van der Waals surface area contributed by atoms with E-state index in [4.69, 9.17) is 9.47 Å². The van der Waals surface area contributed by atoms with Gasteiger partial charge in [0.2, 0.25) is 0 Å². The maximum absolute atomic E-state index is 12.2. The first-order valence-corrected chi connectivity index (χ1v) is 8.05. The smallest absolute Gasteiger partial charge is 0.410 e. The first kappa shape index (κ1) is 19.8. The monoisotopic (exact) mass is 337 g/mol.